The zero-order chi connectivity index (χ0) is 21.7. The molecule has 0 amide bonds. The third kappa shape index (κ3) is 4.41. The highest BCUT2D eigenvalue weighted by molar-refractivity contribution is 8.00. The molecule has 2 aromatic carbocycles. The monoisotopic (exact) mass is 441 g/mol. The molecule has 0 fully saturated rings. The second kappa shape index (κ2) is 9.43. The first-order valence-corrected chi connectivity index (χ1v) is 11.9. The number of para-hydroxylation sites is 1. The molecule has 0 saturated heterocycles. The Morgan fingerprint density at radius 2 is 1.80 bits per heavy atom. The van der Waals surface area contributed by atoms with Crippen LogP contribution in [0.25, 0.3) is 17.1 Å². The van der Waals surface area contributed by atoms with Crippen LogP contribution in [0.2, 0.25) is 0 Å². The summed E-state index contributed by atoms with van der Waals surface area (Å²) in [4.78, 5) is 0.214. The van der Waals surface area contributed by atoms with E-state index in [0.717, 1.165) is 5.69 Å². The van der Waals surface area contributed by atoms with Gasteiger partial charge in [-0.15, -0.1) is 10.2 Å². The fourth-order valence-electron chi connectivity index (χ4n) is 3.04. The third-order valence-electron chi connectivity index (χ3n) is 4.55. The van der Waals surface area contributed by atoms with Crippen LogP contribution >= 0.6 is 11.8 Å². The molecule has 0 bridgehead atoms. The van der Waals surface area contributed by atoms with Gasteiger partial charge in [-0.25, -0.2) is 8.42 Å². The maximum atomic E-state index is 13.0. The van der Waals surface area contributed by atoms with Crippen LogP contribution < -0.4 is 0 Å². The van der Waals surface area contributed by atoms with E-state index < -0.39 is 10.0 Å². The summed E-state index contributed by atoms with van der Waals surface area (Å²) in [6, 6.07) is 18.5. The van der Waals surface area contributed by atoms with E-state index in [4.69, 9.17) is 0 Å². The molecular weight excluding hydrogens is 418 g/mol. The van der Waals surface area contributed by atoms with Crippen molar-refractivity contribution in [2.45, 2.75) is 36.1 Å². The number of nitrogens with zero attached hydrogens (tertiary/aromatic N) is 5. The molecule has 0 aliphatic rings. The van der Waals surface area contributed by atoms with Gasteiger partial charge in [0.05, 0.1) is 16.2 Å². The van der Waals surface area contributed by atoms with Gasteiger partial charge in [0.2, 0.25) is 10.0 Å². The number of rotatable bonds is 8. The van der Waals surface area contributed by atoms with Crippen molar-refractivity contribution in [2.75, 3.05) is 13.1 Å². The van der Waals surface area contributed by atoms with Crippen molar-refractivity contribution < 1.29 is 8.42 Å². The molecular formula is C21H23N5O2S2. The fraction of sp³-hybridized carbons (Fsp3) is 0.286. The molecule has 7 nitrogen and oxygen atoms in total. The summed E-state index contributed by atoms with van der Waals surface area (Å²) in [5.41, 5.74) is 1.47. The van der Waals surface area contributed by atoms with Crippen LogP contribution in [0, 0.1) is 11.3 Å². The standard InChI is InChI=1S/C21H23N5O2S2/c1-4-25(5-2)30(27,28)19-13-9-10-17(14-19)20-23-24-21(29-16(3)15-22)26(20)18-11-7-6-8-12-18/h6-14,16H,4-5H2,1-3H3/t16-/m0/s1. The SMILES string of the molecule is CCN(CC)S(=O)(=O)c1cccc(-c2nnc(S[C@@H](C)C#N)n2-c2ccccc2)c1. The average Bonchev–Trinajstić information content (AvgIpc) is 3.18. The number of hydrogen-bond acceptors (Lipinski definition) is 6. The van der Waals surface area contributed by atoms with Crippen LogP contribution in [0.3, 0.4) is 0 Å². The lowest BCUT2D eigenvalue weighted by Crippen LogP contribution is -2.30. The molecule has 0 unspecified atom stereocenters. The molecule has 1 aromatic heterocycles. The minimum absolute atomic E-state index is 0.214. The molecule has 0 aliphatic heterocycles. The van der Waals surface area contributed by atoms with E-state index >= 15 is 0 Å². The number of aromatic nitrogens is 3. The third-order valence-corrected chi connectivity index (χ3v) is 7.53. The largest absolute Gasteiger partial charge is 0.270 e. The minimum Gasteiger partial charge on any atom is -0.270 e. The van der Waals surface area contributed by atoms with Gasteiger partial charge in [0.1, 0.15) is 0 Å². The van der Waals surface area contributed by atoms with Crippen molar-refractivity contribution in [1.29, 1.82) is 5.26 Å². The van der Waals surface area contributed by atoms with E-state index in [-0.39, 0.29) is 10.1 Å². The summed E-state index contributed by atoms with van der Waals surface area (Å²) >= 11 is 1.30. The van der Waals surface area contributed by atoms with Crippen molar-refractivity contribution >= 4 is 21.8 Å². The molecule has 0 spiro atoms. The van der Waals surface area contributed by atoms with Crippen molar-refractivity contribution in [1.82, 2.24) is 19.1 Å². The summed E-state index contributed by atoms with van der Waals surface area (Å²) in [5.74, 6) is 0.519. The number of thioether (sulfide) groups is 1. The van der Waals surface area contributed by atoms with Crippen LogP contribution in [-0.2, 0) is 10.0 Å². The zero-order valence-corrected chi connectivity index (χ0v) is 18.7. The Bertz CT molecular complexity index is 1150. The summed E-state index contributed by atoms with van der Waals surface area (Å²) in [6.07, 6.45) is 0. The van der Waals surface area contributed by atoms with Crippen LogP contribution in [0.1, 0.15) is 20.8 Å². The number of nitriles is 1. The normalized spacial score (nSPS) is 12.6. The van der Waals surface area contributed by atoms with Crippen molar-refractivity contribution in [3.63, 3.8) is 0 Å². The van der Waals surface area contributed by atoms with Gasteiger partial charge >= 0.3 is 0 Å². The lowest BCUT2D eigenvalue weighted by atomic mass is 10.2. The van der Waals surface area contributed by atoms with Crippen molar-refractivity contribution in [2.24, 2.45) is 0 Å². The molecule has 1 heterocycles. The van der Waals surface area contributed by atoms with Gasteiger partial charge < -0.3 is 0 Å². The van der Waals surface area contributed by atoms with Crippen LogP contribution in [-0.4, -0.2) is 45.8 Å². The Morgan fingerprint density at radius 3 is 2.43 bits per heavy atom. The van der Waals surface area contributed by atoms with E-state index in [1.165, 1.54) is 16.1 Å². The predicted octanol–water partition coefficient (Wildman–Crippen LogP) is 3.97. The van der Waals surface area contributed by atoms with E-state index in [1.807, 2.05) is 54.8 Å². The Kier molecular flexibility index (Phi) is 6.92. The fourth-order valence-corrected chi connectivity index (χ4v) is 5.29. The molecule has 0 radical (unpaired) electrons. The molecule has 3 aromatic rings. The van der Waals surface area contributed by atoms with E-state index in [0.29, 0.717) is 29.6 Å². The smallest absolute Gasteiger partial charge is 0.243 e. The van der Waals surface area contributed by atoms with Gasteiger partial charge in [-0.2, -0.15) is 9.57 Å². The topological polar surface area (TPSA) is 91.9 Å². The summed E-state index contributed by atoms with van der Waals surface area (Å²) < 4.78 is 29.2. The first-order valence-electron chi connectivity index (χ1n) is 9.60. The number of hydrogen-bond donors (Lipinski definition) is 0. The van der Waals surface area contributed by atoms with Crippen molar-refractivity contribution in [3.05, 3.63) is 54.6 Å². The van der Waals surface area contributed by atoms with E-state index in [9.17, 15) is 13.7 Å². The van der Waals surface area contributed by atoms with Gasteiger partial charge in [0.25, 0.3) is 0 Å². The molecule has 0 N–H and O–H groups in total. The maximum Gasteiger partial charge on any atom is 0.243 e. The molecule has 30 heavy (non-hydrogen) atoms. The Balaban J connectivity index is 2.14. The highest BCUT2D eigenvalue weighted by Crippen LogP contribution is 2.31. The lowest BCUT2D eigenvalue weighted by Gasteiger charge is -2.19. The lowest BCUT2D eigenvalue weighted by molar-refractivity contribution is 0.445. The quantitative estimate of drug-likeness (QED) is 0.491. The maximum absolute atomic E-state index is 13.0. The number of sulfonamides is 1. The molecule has 0 saturated carbocycles. The summed E-state index contributed by atoms with van der Waals surface area (Å²) in [6.45, 7) is 6.23. The molecule has 3 rings (SSSR count). The van der Waals surface area contributed by atoms with Crippen LogP contribution in [0.15, 0.2) is 64.6 Å². The first kappa shape index (κ1) is 22.0. The Hall–Kier alpha value is -2.67. The van der Waals surface area contributed by atoms with Gasteiger partial charge in [-0.1, -0.05) is 55.9 Å². The Morgan fingerprint density at radius 1 is 1.10 bits per heavy atom. The summed E-state index contributed by atoms with van der Waals surface area (Å²) in [5, 5.41) is 18.1. The van der Waals surface area contributed by atoms with Crippen molar-refractivity contribution in [3.8, 4) is 23.1 Å². The van der Waals surface area contributed by atoms with Crippen LogP contribution in [0.5, 0.6) is 0 Å². The highest BCUT2D eigenvalue weighted by Gasteiger charge is 2.24. The first-order chi connectivity index (χ1) is 14.4. The van der Waals surface area contributed by atoms with Crippen LogP contribution in [0.4, 0.5) is 0 Å². The molecule has 0 aliphatic carbocycles. The molecule has 9 heteroatoms. The minimum atomic E-state index is -3.60. The Labute approximate surface area is 181 Å². The highest BCUT2D eigenvalue weighted by atomic mass is 32.2. The zero-order valence-electron chi connectivity index (χ0n) is 17.1. The second-order valence-electron chi connectivity index (χ2n) is 6.48. The molecule has 156 valence electrons. The second-order valence-corrected chi connectivity index (χ2v) is 9.73. The summed E-state index contributed by atoms with van der Waals surface area (Å²) in [7, 11) is -3.60. The van der Waals surface area contributed by atoms with E-state index in [1.54, 1.807) is 25.1 Å². The van der Waals surface area contributed by atoms with Gasteiger partial charge in [0, 0.05) is 24.3 Å². The van der Waals surface area contributed by atoms with Gasteiger partial charge in [-0.05, 0) is 31.2 Å². The van der Waals surface area contributed by atoms with Gasteiger partial charge in [-0.3, -0.25) is 4.57 Å². The van der Waals surface area contributed by atoms with Gasteiger partial charge in [0.15, 0.2) is 11.0 Å². The average molecular weight is 442 g/mol. The molecule has 1 atom stereocenters. The number of benzene rings is 2. The predicted molar refractivity (Wildman–Crippen MR) is 118 cm³/mol. The van der Waals surface area contributed by atoms with E-state index in [2.05, 4.69) is 16.3 Å².